The Morgan fingerprint density at radius 1 is 1.50 bits per heavy atom. The zero-order chi connectivity index (χ0) is 13.0. The van der Waals surface area contributed by atoms with E-state index in [1.807, 2.05) is 25.2 Å². The Bertz CT molecular complexity index is 431. The highest BCUT2D eigenvalue weighted by molar-refractivity contribution is 5.94. The average Bonchev–Trinajstić information content (AvgIpc) is 2.94. The van der Waals surface area contributed by atoms with Gasteiger partial charge in [0.05, 0.1) is 12.3 Å². The standard InChI is InChI=1S/C14H18N2O2/c1-3-13(11-7-5-4-6-8-11)16(2)14(17)12-9-15-18-10-12/h4-9,12-13H,3,10H2,1-2H3/t12?,13-/m1/s1. The van der Waals surface area contributed by atoms with E-state index in [0.29, 0.717) is 6.61 Å². The second-order valence-corrected chi connectivity index (χ2v) is 4.44. The lowest BCUT2D eigenvalue weighted by Gasteiger charge is -2.29. The molecule has 0 saturated heterocycles. The maximum atomic E-state index is 12.3. The van der Waals surface area contributed by atoms with Crippen molar-refractivity contribution in [3.63, 3.8) is 0 Å². The van der Waals surface area contributed by atoms with Crippen LogP contribution in [0.1, 0.15) is 24.9 Å². The van der Waals surface area contributed by atoms with Crippen LogP contribution in [0.5, 0.6) is 0 Å². The molecule has 0 bridgehead atoms. The van der Waals surface area contributed by atoms with E-state index in [1.54, 1.807) is 11.1 Å². The molecule has 0 N–H and O–H groups in total. The Hall–Kier alpha value is -1.84. The van der Waals surface area contributed by atoms with Gasteiger partial charge in [-0.05, 0) is 12.0 Å². The second kappa shape index (κ2) is 5.67. The van der Waals surface area contributed by atoms with Crippen molar-refractivity contribution in [2.75, 3.05) is 13.7 Å². The lowest BCUT2D eigenvalue weighted by molar-refractivity contribution is -0.135. The Kier molecular flexibility index (Phi) is 3.97. The van der Waals surface area contributed by atoms with Crippen LogP contribution in [-0.4, -0.2) is 30.7 Å². The molecule has 0 aromatic heterocycles. The largest absolute Gasteiger partial charge is 0.395 e. The van der Waals surface area contributed by atoms with Crippen LogP contribution >= 0.6 is 0 Å². The minimum atomic E-state index is -0.243. The third-order valence-electron chi connectivity index (χ3n) is 3.27. The van der Waals surface area contributed by atoms with Crippen LogP contribution in [0.3, 0.4) is 0 Å². The zero-order valence-corrected chi connectivity index (χ0v) is 10.7. The number of carbonyl (C=O) groups is 1. The Morgan fingerprint density at radius 3 is 2.78 bits per heavy atom. The first-order valence-electron chi connectivity index (χ1n) is 6.21. The summed E-state index contributed by atoms with van der Waals surface area (Å²) in [4.78, 5) is 18.9. The van der Waals surface area contributed by atoms with Gasteiger partial charge in [0, 0.05) is 7.05 Å². The molecule has 0 spiro atoms. The van der Waals surface area contributed by atoms with Crippen molar-refractivity contribution in [1.29, 1.82) is 0 Å². The summed E-state index contributed by atoms with van der Waals surface area (Å²) in [7, 11) is 1.84. The number of nitrogens with zero attached hydrogens (tertiary/aromatic N) is 2. The van der Waals surface area contributed by atoms with E-state index in [9.17, 15) is 4.79 Å². The summed E-state index contributed by atoms with van der Waals surface area (Å²) in [6.07, 6.45) is 2.47. The van der Waals surface area contributed by atoms with Gasteiger partial charge in [-0.1, -0.05) is 42.4 Å². The molecule has 96 valence electrons. The molecule has 4 heteroatoms. The van der Waals surface area contributed by atoms with Crippen molar-refractivity contribution in [3.05, 3.63) is 35.9 Å². The molecule has 1 aliphatic rings. The van der Waals surface area contributed by atoms with Crippen LogP contribution in [0.2, 0.25) is 0 Å². The molecule has 0 aliphatic carbocycles. The lowest BCUT2D eigenvalue weighted by atomic mass is 10.0. The SMILES string of the molecule is CC[C@H](c1ccccc1)N(C)C(=O)C1C=NOC1. The van der Waals surface area contributed by atoms with Crippen molar-refractivity contribution in [1.82, 2.24) is 4.90 Å². The molecule has 0 fully saturated rings. The van der Waals surface area contributed by atoms with Crippen molar-refractivity contribution >= 4 is 12.1 Å². The molecule has 1 unspecified atom stereocenters. The fourth-order valence-electron chi connectivity index (χ4n) is 2.24. The molecule has 1 aromatic rings. The van der Waals surface area contributed by atoms with Gasteiger partial charge in [-0.15, -0.1) is 0 Å². The summed E-state index contributed by atoms with van der Waals surface area (Å²) in [5.41, 5.74) is 1.16. The average molecular weight is 246 g/mol. The quantitative estimate of drug-likeness (QED) is 0.817. The first-order chi connectivity index (χ1) is 8.74. The summed E-state index contributed by atoms with van der Waals surface area (Å²) in [6.45, 7) is 2.44. The highest BCUT2D eigenvalue weighted by Gasteiger charge is 2.28. The van der Waals surface area contributed by atoms with E-state index in [4.69, 9.17) is 4.84 Å². The molecular formula is C14H18N2O2. The summed E-state index contributed by atoms with van der Waals surface area (Å²) >= 11 is 0. The van der Waals surface area contributed by atoms with Gasteiger partial charge < -0.3 is 9.74 Å². The number of hydrogen-bond acceptors (Lipinski definition) is 3. The summed E-state index contributed by atoms with van der Waals surface area (Å²) < 4.78 is 0. The number of rotatable bonds is 4. The predicted molar refractivity (Wildman–Crippen MR) is 70.2 cm³/mol. The minimum Gasteiger partial charge on any atom is -0.395 e. The smallest absolute Gasteiger partial charge is 0.235 e. The molecule has 2 rings (SSSR count). The predicted octanol–water partition coefficient (Wildman–Crippen LogP) is 2.23. The van der Waals surface area contributed by atoms with Gasteiger partial charge in [0.25, 0.3) is 0 Å². The molecule has 1 amide bonds. The van der Waals surface area contributed by atoms with Gasteiger partial charge in [-0.25, -0.2) is 0 Å². The molecule has 18 heavy (non-hydrogen) atoms. The van der Waals surface area contributed by atoms with Crippen LogP contribution in [0, 0.1) is 5.92 Å². The fourth-order valence-corrected chi connectivity index (χ4v) is 2.24. The molecular weight excluding hydrogens is 228 g/mol. The molecule has 1 aromatic carbocycles. The van der Waals surface area contributed by atoms with E-state index in [-0.39, 0.29) is 17.9 Å². The Balaban J connectivity index is 2.12. The molecule has 1 aliphatic heterocycles. The number of benzene rings is 1. The Morgan fingerprint density at radius 2 is 2.22 bits per heavy atom. The van der Waals surface area contributed by atoms with E-state index in [1.165, 1.54) is 0 Å². The van der Waals surface area contributed by atoms with Crippen LogP contribution in [0.15, 0.2) is 35.5 Å². The topological polar surface area (TPSA) is 41.9 Å². The van der Waals surface area contributed by atoms with Crippen molar-refractivity contribution < 1.29 is 9.63 Å². The highest BCUT2D eigenvalue weighted by atomic mass is 16.6. The van der Waals surface area contributed by atoms with E-state index in [2.05, 4.69) is 24.2 Å². The monoisotopic (exact) mass is 246 g/mol. The van der Waals surface area contributed by atoms with E-state index in [0.717, 1.165) is 12.0 Å². The normalized spacial score (nSPS) is 19.3. The third kappa shape index (κ3) is 2.53. The summed E-state index contributed by atoms with van der Waals surface area (Å²) in [5, 5.41) is 3.65. The number of oxime groups is 1. The maximum Gasteiger partial charge on any atom is 0.235 e. The van der Waals surface area contributed by atoms with Crippen LogP contribution in [-0.2, 0) is 9.63 Å². The molecule has 2 atom stereocenters. The van der Waals surface area contributed by atoms with Gasteiger partial charge in [-0.3, -0.25) is 4.79 Å². The fraction of sp³-hybridized carbons (Fsp3) is 0.429. The minimum absolute atomic E-state index is 0.0620. The lowest BCUT2D eigenvalue weighted by Crippen LogP contribution is -2.37. The maximum absolute atomic E-state index is 12.3. The van der Waals surface area contributed by atoms with Crippen LogP contribution in [0.25, 0.3) is 0 Å². The zero-order valence-electron chi connectivity index (χ0n) is 10.7. The second-order valence-electron chi connectivity index (χ2n) is 4.44. The first kappa shape index (κ1) is 12.6. The van der Waals surface area contributed by atoms with Crippen molar-refractivity contribution in [2.24, 2.45) is 11.1 Å². The molecule has 4 nitrogen and oxygen atoms in total. The van der Waals surface area contributed by atoms with Crippen LogP contribution < -0.4 is 0 Å². The van der Waals surface area contributed by atoms with Gasteiger partial charge in [-0.2, -0.15) is 0 Å². The van der Waals surface area contributed by atoms with E-state index < -0.39 is 0 Å². The third-order valence-corrected chi connectivity index (χ3v) is 3.27. The van der Waals surface area contributed by atoms with Crippen molar-refractivity contribution in [3.8, 4) is 0 Å². The van der Waals surface area contributed by atoms with Gasteiger partial charge in [0.15, 0.2) is 0 Å². The van der Waals surface area contributed by atoms with Crippen molar-refractivity contribution in [2.45, 2.75) is 19.4 Å². The number of carbonyl (C=O) groups excluding carboxylic acids is 1. The van der Waals surface area contributed by atoms with Crippen LogP contribution in [0.4, 0.5) is 0 Å². The summed E-state index contributed by atoms with van der Waals surface area (Å²) in [6, 6.07) is 10.2. The summed E-state index contributed by atoms with van der Waals surface area (Å²) in [5.74, 6) is -0.181. The molecule has 1 heterocycles. The highest BCUT2D eigenvalue weighted by Crippen LogP contribution is 2.24. The molecule has 0 radical (unpaired) electrons. The molecule has 0 saturated carbocycles. The number of amides is 1. The van der Waals surface area contributed by atoms with Gasteiger partial charge in [0.2, 0.25) is 5.91 Å². The van der Waals surface area contributed by atoms with Gasteiger partial charge in [0.1, 0.15) is 12.5 Å². The van der Waals surface area contributed by atoms with E-state index >= 15 is 0 Å². The van der Waals surface area contributed by atoms with Gasteiger partial charge >= 0.3 is 0 Å². The number of hydrogen-bond donors (Lipinski definition) is 0. The first-order valence-corrected chi connectivity index (χ1v) is 6.21. The Labute approximate surface area is 107 Å².